The minimum absolute atomic E-state index is 0.00873. The molecule has 0 aromatic heterocycles. The summed E-state index contributed by atoms with van der Waals surface area (Å²) in [5.74, 6) is -2.88. The molecule has 4 aromatic carbocycles. The summed E-state index contributed by atoms with van der Waals surface area (Å²) >= 11 is 0. The van der Waals surface area contributed by atoms with Gasteiger partial charge < -0.3 is 9.47 Å². The number of cyclic esters (lactones) is 2. The van der Waals surface area contributed by atoms with E-state index in [2.05, 4.69) is 0 Å². The van der Waals surface area contributed by atoms with Crippen LogP contribution < -0.4 is 0 Å². The Hall–Kier alpha value is -5.62. The van der Waals surface area contributed by atoms with Crippen molar-refractivity contribution in [3.63, 3.8) is 0 Å². The van der Waals surface area contributed by atoms with E-state index in [0.29, 0.717) is 11.1 Å². The first kappa shape index (κ1) is 24.7. The maximum Gasteiger partial charge on any atom is 0.345 e. The number of carbonyl (C=O) groups excluding carboxylic acids is 4. The lowest BCUT2D eigenvalue weighted by Crippen LogP contribution is -2.16. The molecule has 0 N–H and O–H groups in total. The van der Waals surface area contributed by atoms with Gasteiger partial charge in [-0.3, -0.25) is 9.59 Å². The predicted octanol–water partition coefficient (Wildman–Crippen LogP) is 5.99. The van der Waals surface area contributed by atoms with Gasteiger partial charge in [-0.1, -0.05) is 121 Å². The molecule has 192 valence electrons. The average molecular weight is 525 g/mol. The van der Waals surface area contributed by atoms with Gasteiger partial charge in [-0.2, -0.15) is 0 Å². The second-order valence-electron chi connectivity index (χ2n) is 9.06. The molecule has 0 fully saturated rings. The van der Waals surface area contributed by atoms with Crippen LogP contribution in [0.5, 0.6) is 0 Å². The van der Waals surface area contributed by atoms with Crippen LogP contribution in [0.1, 0.15) is 31.8 Å². The van der Waals surface area contributed by atoms with Crippen LogP contribution in [0.2, 0.25) is 0 Å². The van der Waals surface area contributed by atoms with E-state index in [1.54, 1.807) is 121 Å². The number of Topliss-reactive ketones (excluding diaryl/α,β-unsaturated/α-hetero) is 2. The van der Waals surface area contributed by atoms with Gasteiger partial charge in [0.25, 0.3) is 0 Å². The van der Waals surface area contributed by atoms with Gasteiger partial charge in [0.1, 0.15) is 0 Å². The van der Waals surface area contributed by atoms with E-state index in [4.69, 9.17) is 9.47 Å². The summed E-state index contributed by atoms with van der Waals surface area (Å²) < 4.78 is 11.3. The van der Waals surface area contributed by atoms with Crippen LogP contribution in [-0.2, 0) is 19.1 Å². The summed E-state index contributed by atoms with van der Waals surface area (Å²) in [6.07, 6.45) is 0. The van der Waals surface area contributed by atoms with Crippen molar-refractivity contribution in [2.24, 2.45) is 0 Å². The van der Waals surface area contributed by atoms with E-state index in [1.165, 1.54) is 0 Å². The van der Waals surface area contributed by atoms with E-state index in [1.807, 2.05) is 0 Å². The van der Waals surface area contributed by atoms with E-state index < -0.39 is 23.5 Å². The molecule has 6 heteroatoms. The molecule has 40 heavy (non-hydrogen) atoms. The van der Waals surface area contributed by atoms with Crippen LogP contribution in [0.25, 0.3) is 11.5 Å². The van der Waals surface area contributed by atoms with Gasteiger partial charge in [-0.25, -0.2) is 9.59 Å². The number of esters is 2. The summed E-state index contributed by atoms with van der Waals surface area (Å²) in [4.78, 5) is 55.1. The van der Waals surface area contributed by atoms with Crippen LogP contribution in [0, 0.1) is 0 Å². The minimum Gasteiger partial charge on any atom is -0.421 e. The molecular formula is C34H20O6. The lowest BCUT2D eigenvalue weighted by molar-refractivity contribution is -0.133. The lowest BCUT2D eigenvalue weighted by Gasteiger charge is -2.09. The molecule has 2 aliphatic heterocycles. The number of rotatable bonds is 6. The summed E-state index contributed by atoms with van der Waals surface area (Å²) in [6, 6.07) is 34.1. The lowest BCUT2D eigenvalue weighted by atomic mass is 9.86. The number of hydrogen-bond donors (Lipinski definition) is 0. The molecular weight excluding hydrogens is 504 g/mol. The monoisotopic (exact) mass is 524 g/mol. The Labute approximate surface area is 229 Å². The molecule has 0 radical (unpaired) electrons. The number of hydrogen-bond acceptors (Lipinski definition) is 6. The third kappa shape index (κ3) is 4.27. The highest BCUT2D eigenvalue weighted by Gasteiger charge is 2.46. The van der Waals surface area contributed by atoms with Crippen LogP contribution in [0.4, 0.5) is 0 Å². The number of benzene rings is 4. The molecule has 0 bridgehead atoms. The largest absolute Gasteiger partial charge is 0.421 e. The fraction of sp³-hybridized carbons (Fsp3) is 0. The zero-order chi connectivity index (χ0) is 27.6. The van der Waals surface area contributed by atoms with Gasteiger partial charge >= 0.3 is 11.9 Å². The minimum atomic E-state index is -0.919. The van der Waals surface area contributed by atoms with E-state index >= 15 is 0 Å². The van der Waals surface area contributed by atoms with Gasteiger partial charge in [0.2, 0.25) is 0 Å². The van der Waals surface area contributed by atoms with Crippen molar-refractivity contribution < 1.29 is 28.7 Å². The third-order valence-corrected chi connectivity index (χ3v) is 6.60. The molecule has 0 saturated heterocycles. The summed E-state index contributed by atoms with van der Waals surface area (Å²) in [5, 5.41) is 0. The van der Waals surface area contributed by atoms with Gasteiger partial charge in [-0.15, -0.1) is 0 Å². The van der Waals surface area contributed by atoms with Crippen LogP contribution in [0.3, 0.4) is 0 Å². The van der Waals surface area contributed by atoms with Crippen molar-refractivity contribution in [1.29, 1.82) is 0 Å². The van der Waals surface area contributed by atoms with Gasteiger partial charge in [0.05, 0.1) is 22.3 Å². The Morgan fingerprint density at radius 2 is 0.725 bits per heavy atom. The molecule has 0 aliphatic carbocycles. The second-order valence-corrected chi connectivity index (χ2v) is 9.06. The van der Waals surface area contributed by atoms with Crippen LogP contribution in [0.15, 0.2) is 144 Å². The molecule has 0 atom stereocenters. The highest BCUT2D eigenvalue weighted by molar-refractivity contribution is 6.32. The van der Waals surface area contributed by atoms with Crippen molar-refractivity contribution in [1.82, 2.24) is 0 Å². The first-order chi connectivity index (χ1) is 19.5. The Kier molecular flexibility index (Phi) is 6.34. The first-order valence-corrected chi connectivity index (χ1v) is 12.5. The van der Waals surface area contributed by atoms with E-state index in [-0.39, 0.29) is 44.9 Å². The maximum absolute atomic E-state index is 14.0. The van der Waals surface area contributed by atoms with Gasteiger partial charge in [0.15, 0.2) is 23.1 Å². The molecule has 0 spiro atoms. The third-order valence-electron chi connectivity index (χ3n) is 6.60. The number of carbonyl (C=O) groups is 4. The SMILES string of the molecule is O=C1OC(c2ccccc2)=C(C(=O)c2ccccc2)C1=C1C(=O)OC(c2ccccc2)=C1C(=O)c1ccccc1. The Morgan fingerprint density at radius 3 is 1.05 bits per heavy atom. The average Bonchev–Trinajstić information content (AvgIpc) is 3.54. The smallest absolute Gasteiger partial charge is 0.345 e. The number of ether oxygens (including phenoxy) is 2. The maximum atomic E-state index is 14.0. The van der Waals surface area contributed by atoms with Crippen LogP contribution >= 0.6 is 0 Å². The van der Waals surface area contributed by atoms with Crippen molar-refractivity contribution >= 4 is 35.0 Å². The summed E-state index contributed by atoms with van der Waals surface area (Å²) in [7, 11) is 0. The standard InChI is InChI=1S/C34H20O6/c35-29(21-13-5-1-6-14-21)27-25(33(37)39-31(27)23-17-9-3-10-18-23)26-28(30(36)22-15-7-2-8-16-22)32(40-34(26)38)24-19-11-4-12-20-24/h1-20H. The van der Waals surface area contributed by atoms with E-state index in [0.717, 1.165) is 0 Å². The topological polar surface area (TPSA) is 86.7 Å². The Morgan fingerprint density at radius 1 is 0.425 bits per heavy atom. The molecule has 2 heterocycles. The molecule has 0 unspecified atom stereocenters. The van der Waals surface area contributed by atoms with Gasteiger partial charge in [0, 0.05) is 22.3 Å². The quantitative estimate of drug-likeness (QED) is 0.175. The normalized spacial score (nSPS) is 16.7. The summed E-state index contributed by atoms with van der Waals surface area (Å²) in [5.41, 5.74) is 0.698. The highest BCUT2D eigenvalue weighted by Crippen LogP contribution is 2.44. The fourth-order valence-corrected chi connectivity index (χ4v) is 4.76. The van der Waals surface area contributed by atoms with Crippen molar-refractivity contribution in [3.05, 3.63) is 166 Å². The predicted molar refractivity (Wildman–Crippen MR) is 147 cm³/mol. The Bertz CT molecular complexity index is 1630. The molecule has 0 amide bonds. The zero-order valence-corrected chi connectivity index (χ0v) is 21.0. The van der Waals surface area contributed by atoms with Crippen molar-refractivity contribution in [2.45, 2.75) is 0 Å². The summed E-state index contributed by atoms with van der Waals surface area (Å²) in [6.45, 7) is 0. The Balaban J connectivity index is 1.66. The first-order valence-electron chi connectivity index (χ1n) is 12.5. The highest BCUT2D eigenvalue weighted by atomic mass is 16.6. The molecule has 4 aromatic rings. The van der Waals surface area contributed by atoms with Crippen LogP contribution in [-0.4, -0.2) is 23.5 Å². The second kappa shape index (κ2) is 10.3. The van der Waals surface area contributed by atoms with Crippen molar-refractivity contribution in [3.8, 4) is 0 Å². The molecule has 6 rings (SSSR count). The van der Waals surface area contributed by atoms with Gasteiger partial charge in [-0.05, 0) is 0 Å². The zero-order valence-electron chi connectivity index (χ0n) is 21.0. The molecule has 6 nitrogen and oxygen atoms in total. The molecule has 2 aliphatic rings. The van der Waals surface area contributed by atoms with E-state index in [9.17, 15) is 19.2 Å². The number of ketones is 2. The fourth-order valence-electron chi connectivity index (χ4n) is 4.76. The van der Waals surface area contributed by atoms with Crippen molar-refractivity contribution in [2.75, 3.05) is 0 Å². The molecule has 0 saturated carbocycles.